The van der Waals surface area contributed by atoms with Gasteiger partial charge in [0.1, 0.15) is 5.82 Å². The number of amides is 2. The van der Waals surface area contributed by atoms with Gasteiger partial charge in [-0.1, -0.05) is 18.2 Å². The van der Waals surface area contributed by atoms with Crippen LogP contribution in [0.15, 0.2) is 47.3 Å². The molecule has 0 unspecified atom stereocenters. The summed E-state index contributed by atoms with van der Waals surface area (Å²) in [4.78, 5) is 32.9. The van der Waals surface area contributed by atoms with Gasteiger partial charge >= 0.3 is 24.6 Å². The van der Waals surface area contributed by atoms with Crippen molar-refractivity contribution >= 4 is 11.7 Å². The van der Waals surface area contributed by atoms with Crippen molar-refractivity contribution < 1.29 is 44.3 Å². The largest absolute Gasteiger partial charge is 0.416 e. The average molecular weight is 564 g/mol. The molecule has 2 aromatic carbocycles. The molecule has 1 aromatic heterocycles. The van der Waals surface area contributed by atoms with Gasteiger partial charge in [0.2, 0.25) is 0 Å². The van der Waals surface area contributed by atoms with E-state index in [2.05, 4.69) is 9.97 Å². The normalized spacial score (nSPS) is 14.2. The number of aromatic nitrogens is 2. The number of alkyl halides is 9. The predicted octanol–water partition coefficient (Wildman–Crippen LogP) is 6.01. The fraction of sp³-hybridized carbons (Fsp3) is 0.292. The Bertz CT molecular complexity index is 1430. The first kappa shape index (κ1) is 28.0. The van der Waals surface area contributed by atoms with Crippen LogP contribution in [0.1, 0.15) is 39.3 Å². The molecule has 1 aliphatic rings. The molecule has 0 saturated carbocycles. The highest BCUT2D eigenvalue weighted by atomic mass is 19.4. The molecule has 0 fully saturated rings. The number of aromatic amines is 1. The van der Waals surface area contributed by atoms with Gasteiger partial charge in [0.25, 0.3) is 5.56 Å². The number of fused-ring (bicyclic) bond motifs is 1. The van der Waals surface area contributed by atoms with Crippen LogP contribution in [0.5, 0.6) is 0 Å². The van der Waals surface area contributed by atoms with Crippen molar-refractivity contribution in [1.29, 1.82) is 0 Å². The third-order valence-corrected chi connectivity index (χ3v) is 5.92. The van der Waals surface area contributed by atoms with E-state index in [0.717, 1.165) is 11.0 Å². The summed E-state index contributed by atoms with van der Waals surface area (Å²) in [5, 5.41) is 2.00. The Labute approximate surface area is 213 Å². The number of hydrogen-bond donors (Lipinski definition) is 2. The van der Waals surface area contributed by atoms with E-state index >= 15 is 0 Å². The van der Waals surface area contributed by atoms with Crippen LogP contribution in [-0.4, -0.2) is 27.4 Å². The zero-order valence-electron chi connectivity index (χ0n) is 19.5. The van der Waals surface area contributed by atoms with E-state index in [1.54, 1.807) is 0 Å². The number of urea groups is 1. The summed E-state index contributed by atoms with van der Waals surface area (Å²) in [5.74, 6) is -0.0444. The molecule has 0 spiro atoms. The molecule has 2 amide bonds. The van der Waals surface area contributed by atoms with Gasteiger partial charge in [0, 0.05) is 25.1 Å². The van der Waals surface area contributed by atoms with Crippen molar-refractivity contribution in [3.63, 3.8) is 0 Å². The average Bonchev–Trinajstić information content (AvgIpc) is 2.82. The minimum Gasteiger partial charge on any atom is -0.320 e. The van der Waals surface area contributed by atoms with Gasteiger partial charge in [-0.3, -0.25) is 4.79 Å². The second-order valence-electron chi connectivity index (χ2n) is 8.67. The van der Waals surface area contributed by atoms with E-state index in [4.69, 9.17) is 0 Å². The standard InChI is InChI=1S/C24H17F9N4O2/c25-22(26,27)13-8-14(23(28,29)30)10-15(9-13)34-21(39)37-6-5-18-16(11-37)20(38)36-19(35-18)7-12-3-1-2-4-17(12)24(31,32)33/h1-4,8-10H,5-7,11H2,(H,34,39)(H,35,36,38). The highest BCUT2D eigenvalue weighted by Crippen LogP contribution is 2.38. The number of carbonyl (C=O) groups is 1. The van der Waals surface area contributed by atoms with Crippen LogP contribution in [-0.2, 0) is 37.9 Å². The molecule has 15 heteroatoms. The van der Waals surface area contributed by atoms with Gasteiger partial charge in [0.15, 0.2) is 0 Å². The summed E-state index contributed by atoms with van der Waals surface area (Å²) in [6.07, 6.45) is -15.2. The number of H-pyrrole nitrogens is 1. The molecular weight excluding hydrogens is 547 g/mol. The van der Waals surface area contributed by atoms with Crippen LogP contribution in [0.3, 0.4) is 0 Å². The van der Waals surface area contributed by atoms with E-state index in [-0.39, 0.29) is 54.6 Å². The highest BCUT2D eigenvalue weighted by Gasteiger charge is 2.37. The molecule has 39 heavy (non-hydrogen) atoms. The van der Waals surface area contributed by atoms with Gasteiger partial charge in [-0.05, 0) is 29.8 Å². The molecule has 2 N–H and O–H groups in total. The Hall–Kier alpha value is -4.04. The molecule has 2 heterocycles. The molecular formula is C24H17F9N4O2. The molecule has 0 saturated heterocycles. The number of nitrogens with one attached hydrogen (secondary N) is 2. The number of carbonyl (C=O) groups excluding carboxylic acids is 1. The number of hydrogen-bond acceptors (Lipinski definition) is 3. The van der Waals surface area contributed by atoms with E-state index in [0.29, 0.717) is 12.1 Å². The van der Waals surface area contributed by atoms with Crippen molar-refractivity contribution in [2.45, 2.75) is 37.9 Å². The molecule has 1 aliphatic heterocycles. The number of benzene rings is 2. The number of halogens is 9. The fourth-order valence-electron chi connectivity index (χ4n) is 4.09. The fourth-order valence-corrected chi connectivity index (χ4v) is 4.09. The second kappa shape index (κ2) is 9.93. The highest BCUT2D eigenvalue weighted by molar-refractivity contribution is 5.89. The Morgan fingerprint density at radius 3 is 2.13 bits per heavy atom. The minimum absolute atomic E-state index is 0.00993. The zero-order valence-corrected chi connectivity index (χ0v) is 19.5. The topological polar surface area (TPSA) is 78.1 Å². The van der Waals surface area contributed by atoms with Gasteiger partial charge in [-0.25, -0.2) is 9.78 Å². The summed E-state index contributed by atoms with van der Waals surface area (Å²) in [6.45, 7) is -0.493. The van der Waals surface area contributed by atoms with Crippen LogP contribution in [0.25, 0.3) is 0 Å². The van der Waals surface area contributed by atoms with Gasteiger partial charge < -0.3 is 15.2 Å². The van der Waals surface area contributed by atoms with Crippen LogP contribution in [0, 0.1) is 0 Å². The van der Waals surface area contributed by atoms with Crippen molar-refractivity contribution in [2.24, 2.45) is 0 Å². The lowest BCUT2D eigenvalue weighted by Gasteiger charge is -2.28. The lowest BCUT2D eigenvalue weighted by Crippen LogP contribution is -2.42. The van der Waals surface area contributed by atoms with Gasteiger partial charge in [0.05, 0.1) is 34.5 Å². The lowest BCUT2D eigenvalue weighted by molar-refractivity contribution is -0.143. The monoisotopic (exact) mass is 564 g/mol. The predicted molar refractivity (Wildman–Crippen MR) is 119 cm³/mol. The lowest BCUT2D eigenvalue weighted by atomic mass is 10.0. The van der Waals surface area contributed by atoms with E-state index in [1.165, 1.54) is 18.2 Å². The van der Waals surface area contributed by atoms with Gasteiger partial charge in [-0.2, -0.15) is 39.5 Å². The second-order valence-corrected chi connectivity index (χ2v) is 8.67. The first-order valence-electron chi connectivity index (χ1n) is 11.1. The Kier molecular flexibility index (Phi) is 7.12. The maximum atomic E-state index is 13.3. The minimum atomic E-state index is -5.11. The van der Waals surface area contributed by atoms with Crippen LogP contribution < -0.4 is 10.9 Å². The maximum absolute atomic E-state index is 13.3. The van der Waals surface area contributed by atoms with Crippen LogP contribution >= 0.6 is 0 Å². The summed E-state index contributed by atoms with van der Waals surface area (Å²) in [7, 11) is 0. The third kappa shape index (κ3) is 6.34. The van der Waals surface area contributed by atoms with Crippen molar-refractivity contribution in [3.05, 3.63) is 92.2 Å². The third-order valence-electron chi connectivity index (χ3n) is 5.92. The van der Waals surface area contributed by atoms with Crippen molar-refractivity contribution in [1.82, 2.24) is 14.9 Å². The summed E-state index contributed by atoms with van der Waals surface area (Å²) in [5.41, 5.74) is -5.53. The van der Waals surface area contributed by atoms with Crippen molar-refractivity contribution in [3.8, 4) is 0 Å². The molecule has 0 radical (unpaired) electrons. The van der Waals surface area contributed by atoms with E-state index in [1.807, 2.05) is 5.32 Å². The Balaban J connectivity index is 1.54. The number of anilines is 1. The Morgan fingerprint density at radius 1 is 0.923 bits per heavy atom. The molecule has 4 rings (SSSR count). The smallest absolute Gasteiger partial charge is 0.320 e. The van der Waals surface area contributed by atoms with Crippen molar-refractivity contribution in [2.75, 3.05) is 11.9 Å². The van der Waals surface area contributed by atoms with E-state index in [9.17, 15) is 49.1 Å². The number of nitrogens with zero attached hydrogens (tertiary/aromatic N) is 2. The molecule has 0 atom stereocenters. The summed E-state index contributed by atoms with van der Waals surface area (Å²) < 4.78 is 118. The first-order valence-corrected chi connectivity index (χ1v) is 11.1. The molecule has 0 aliphatic carbocycles. The molecule has 6 nitrogen and oxygen atoms in total. The van der Waals surface area contributed by atoms with Crippen LogP contribution in [0.2, 0.25) is 0 Å². The summed E-state index contributed by atoms with van der Waals surface area (Å²) >= 11 is 0. The van der Waals surface area contributed by atoms with Crippen LogP contribution in [0.4, 0.5) is 50.0 Å². The molecule has 3 aromatic rings. The first-order chi connectivity index (χ1) is 18.0. The zero-order chi connectivity index (χ0) is 28.8. The number of rotatable bonds is 3. The van der Waals surface area contributed by atoms with E-state index < -0.39 is 52.5 Å². The molecule has 208 valence electrons. The Morgan fingerprint density at radius 2 is 1.54 bits per heavy atom. The van der Waals surface area contributed by atoms with Gasteiger partial charge in [-0.15, -0.1) is 0 Å². The molecule has 0 bridgehead atoms. The maximum Gasteiger partial charge on any atom is 0.416 e. The SMILES string of the molecule is O=C(Nc1cc(C(F)(F)F)cc(C(F)(F)F)c1)N1CCc2nc(Cc3ccccc3C(F)(F)F)[nH]c(=O)c2C1. The quantitative estimate of drug-likeness (QED) is 0.383. The summed E-state index contributed by atoms with van der Waals surface area (Å²) in [6, 6.07) is 4.32.